The van der Waals surface area contributed by atoms with E-state index in [1.165, 1.54) is 6.42 Å². The van der Waals surface area contributed by atoms with Crippen molar-refractivity contribution in [1.82, 2.24) is 0 Å². The first-order chi connectivity index (χ1) is 12.8. The van der Waals surface area contributed by atoms with E-state index in [2.05, 4.69) is 0 Å². The number of aryl methyl sites for hydroxylation is 1. The van der Waals surface area contributed by atoms with Crippen LogP contribution < -0.4 is 0 Å². The molecule has 3 rings (SSSR count). The molecule has 1 unspecified atom stereocenters. The van der Waals surface area contributed by atoms with Crippen LogP contribution in [-0.4, -0.2) is 31.5 Å². The van der Waals surface area contributed by atoms with Crippen LogP contribution in [-0.2, 0) is 18.5 Å². The van der Waals surface area contributed by atoms with Crippen molar-refractivity contribution in [1.29, 1.82) is 0 Å². The maximum absolute atomic E-state index is 13.0. The Morgan fingerprint density at radius 1 is 0.963 bits per heavy atom. The van der Waals surface area contributed by atoms with E-state index in [0.717, 1.165) is 56.9 Å². The Morgan fingerprint density at radius 2 is 1.52 bits per heavy atom. The lowest BCUT2D eigenvalue weighted by Gasteiger charge is -2.43. The zero-order valence-corrected chi connectivity index (χ0v) is 18.1. The molecule has 27 heavy (non-hydrogen) atoms. The molecule has 2 saturated carbocycles. The lowest BCUT2D eigenvalue weighted by Crippen LogP contribution is -2.31. The molecular formula is C21H32O4S2. The highest BCUT2D eigenvalue weighted by Crippen LogP contribution is 2.57. The molecule has 0 radical (unpaired) electrons. The summed E-state index contributed by atoms with van der Waals surface area (Å²) in [6.45, 7) is 1.93. The van der Waals surface area contributed by atoms with Crippen molar-refractivity contribution < 1.29 is 16.8 Å². The third-order valence-corrected chi connectivity index (χ3v) is 11.6. The second-order valence-corrected chi connectivity index (χ2v) is 13.3. The number of ketones is 1. The van der Waals surface area contributed by atoms with Gasteiger partial charge in [0.1, 0.15) is 5.78 Å². The van der Waals surface area contributed by atoms with Crippen LogP contribution in [0.5, 0.6) is 0 Å². The summed E-state index contributed by atoms with van der Waals surface area (Å²) in [6.07, 6.45) is 11.4. The highest BCUT2D eigenvalue weighted by atomic mass is 32.3. The Balaban J connectivity index is 1.84. The van der Waals surface area contributed by atoms with Gasteiger partial charge in [-0.25, -0.2) is 3.63 Å². The van der Waals surface area contributed by atoms with Crippen LogP contribution in [0.15, 0.2) is 29.2 Å². The summed E-state index contributed by atoms with van der Waals surface area (Å²) in [5.41, 5.74) is 1.01. The van der Waals surface area contributed by atoms with Crippen LogP contribution in [0.3, 0.4) is 0 Å². The Bertz CT molecular complexity index is 745. The van der Waals surface area contributed by atoms with Crippen molar-refractivity contribution in [2.45, 2.75) is 74.9 Å². The summed E-state index contributed by atoms with van der Waals surface area (Å²) in [7, 11) is -5.90. The molecule has 0 heterocycles. The van der Waals surface area contributed by atoms with E-state index < -0.39 is 20.4 Å². The van der Waals surface area contributed by atoms with E-state index in [1.807, 2.05) is 13.2 Å². The van der Waals surface area contributed by atoms with Crippen molar-refractivity contribution >= 4 is 26.2 Å². The average Bonchev–Trinajstić information content (AvgIpc) is 3.17. The zero-order valence-electron chi connectivity index (χ0n) is 16.5. The maximum atomic E-state index is 13.0. The highest BCUT2D eigenvalue weighted by Gasteiger charge is 2.39. The van der Waals surface area contributed by atoms with Gasteiger partial charge in [-0.05, 0) is 51.0 Å². The largest absolute Gasteiger partial charge is 0.306 e. The van der Waals surface area contributed by atoms with Crippen molar-refractivity contribution in [2.24, 2.45) is 5.92 Å². The predicted octanol–water partition coefficient (Wildman–Crippen LogP) is 5.14. The molecule has 0 aliphatic heterocycles. The molecule has 4 nitrogen and oxygen atoms in total. The van der Waals surface area contributed by atoms with Gasteiger partial charge in [0.15, 0.2) is 0 Å². The Hall–Kier alpha value is -0.850. The predicted molar refractivity (Wildman–Crippen MR) is 112 cm³/mol. The lowest BCUT2D eigenvalue weighted by atomic mass is 10.0. The molecule has 0 N–H and O–H groups in total. The molecule has 1 aromatic rings. The number of hydrogen-bond donors (Lipinski definition) is 0. The molecule has 0 saturated heterocycles. The molecule has 6 heteroatoms. The SMILES string of the molecule is Cc1ccc(S(=O)(=O)OS(C)(CC(=O)C2CCCC2)C2CCCCC2)cc1. The summed E-state index contributed by atoms with van der Waals surface area (Å²) >= 11 is 0. The monoisotopic (exact) mass is 412 g/mol. The third kappa shape index (κ3) is 5.15. The van der Waals surface area contributed by atoms with Crippen molar-refractivity contribution in [3.05, 3.63) is 29.8 Å². The molecule has 2 fully saturated rings. The first kappa shape index (κ1) is 20.9. The van der Waals surface area contributed by atoms with Gasteiger partial charge in [-0.15, -0.1) is 10.3 Å². The minimum absolute atomic E-state index is 0.103. The highest BCUT2D eigenvalue weighted by molar-refractivity contribution is 8.33. The molecule has 2 aliphatic rings. The van der Waals surface area contributed by atoms with Crippen LogP contribution in [0.4, 0.5) is 0 Å². The summed E-state index contributed by atoms with van der Waals surface area (Å²) in [6, 6.07) is 6.77. The topological polar surface area (TPSA) is 60.4 Å². The van der Waals surface area contributed by atoms with Gasteiger partial charge in [-0.1, -0.05) is 49.8 Å². The molecule has 0 aromatic heterocycles. The zero-order chi connectivity index (χ0) is 19.5. The van der Waals surface area contributed by atoms with E-state index >= 15 is 0 Å². The number of carbonyl (C=O) groups is 1. The molecule has 2 aliphatic carbocycles. The first-order valence-corrected chi connectivity index (χ1v) is 13.7. The summed E-state index contributed by atoms with van der Waals surface area (Å²) in [4.78, 5) is 13.1. The van der Waals surface area contributed by atoms with Crippen molar-refractivity contribution in [3.63, 3.8) is 0 Å². The van der Waals surface area contributed by atoms with E-state index in [1.54, 1.807) is 24.3 Å². The number of benzene rings is 1. The molecular weight excluding hydrogens is 380 g/mol. The summed E-state index contributed by atoms with van der Waals surface area (Å²) in [5.74, 6) is 0.605. The minimum Gasteiger partial charge on any atom is -0.298 e. The van der Waals surface area contributed by atoms with Gasteiger partial charge >= 0.3 is 10.1 Å². The quantitative estimate of drug-likeness (QED) is 0.622. The third-order valence-electron chi connectivity index (χ3n) is 6.05. The molecule has 0 bridgehead atoms. The number of hydrogen-bond acceptors (Lipinski definition) is 4. The molecule has 1 atom stereocenters. The second-order valence-electron chi connectivity index (χ2n) is 8.26. The van der Waals surface area contributed by atoms with Crippen LogP contribution in [0.1, 0.15) is 63.4 Å². The van der Waals surface area contributed by atoms with E-state index in [-0.39, 0.29) is 27.6 Å². The van der Waals surface area contributed by atoms with Gasteiger partial charge in [0.05, 0.1) is 10.6 Å². The van der Waals surface area contributed by atoms with Gasteiger partial charge in [-0.3, -0.25) is 4.79 Å². The van der Waals surface area contributed by atoms with Gasteiger partial charge in [0.25, 0.3) is 0 Å². The summed E-state index contributed by atoms with van der Waals surface area (Å²) < 4.78 is 31.9. The Morgan fingerprint density at radius 3 is 2.11 bits per heavy atom. The Labute approximate surface area is 165 Å². The number of carbonyl (C=O) groups excluding carboxylic acids is 1. The standard InChI is InChI=1S/C21H32O4S2/c1-17-12-14-20(15-13-17)27(23,24)25-26(2,19-10-4-3-5-11-19)16-21(22)18-8-6-7-9-18/h12-15,18-19H,3-11,16H2,1-2H3. The number of rotatable bonds is 7. The van der Waals surface area contributed by atoms with Crippen LogP contribution in [0, 0.1) is 12.8 Å². The van der Waals surface area contributed by atoms with Crippen LogP contribution in [0.2, 0.25) is 0 Å². The molecule has 1 aromatic carbocycles. The van der Waals surface area contributed by atoms with E-state index in [9.17, 15) is 13.2 Å². The van der Waals surface area contributed by atoms with Crippen molar-refractivity contribution in [2.75, 3.05) is 12.0 Å². The van der Waals surface area contributed by atoms with Gasteiger partial charge < -0.3 is 0 Å². The van der Waals surface area contributed by atoms with E-state index in [0.29, 0.717) is 0 Å². The average molecular weight is 413 g/mol. The van der Waals surface area contributed by atoms with Crippen LogP contribution >= 0.6 is 10.3 Å². The normalized spacial score (nSPS) is 23.0. The van der Waals surface area contributed by atoms with Gasteiger partial charge in [0.2, 0.25) is 0 Å². The maximum Gasteiger partial charge on any atom is 0.306 e. The first-order valence-electron chi connectivity index (χ1n) is 10.1. The minimum atomic E-state index is -3.87. The second kappa shape index (κ2) is 8.66. The lowest BCUT2D eigenvalue weighted by molar-refractivity contribution is -0.120. The number of Topliss-reactive ketones (excluding diaryl/α,β-unsaturated/α-hetero) is 1. The smallest absolute Gasteiger partial charge is 0.298 e. The fourth-order valence-corrected chi connectivity index (χ4v) is 9.78. The fraction of sp³-hybridized carbons (Fsp3) is 0.667. The van der Waals surface area contributed by atoms with E-state index in [4.69, 9.17) is 3.63 Å². The molecule has 0 spiro atoms. The molecule has 0 amide bonds. The van der Waals surface area contributed by atoms with Crippen LogP contribution in [0.25, 0.3) is 0 Å². The Kier molecular flexibility index (Phi) is 6.70. The summed E-state index contributed by atoms with van der Waals surface area (Å²) in [5, 5.41) is 0.192. The fourth-order valence-electron chi connectivity index (χ4n) is 4.36. The molecule has 152 valence electrons. The van der Waals surface area contributed by atoms with Gasteiger partial charge in [0, 0.05) is 11.2 Å². The van der Waals surface area contributed by atoms with Gasteiger partial charge in [-0.2, -0.15) is 8.42 Å². The van der Waals surface area contributed by atoms with Crippen molar-refractivity contribution in [3.8, 4) is 0 Å².